The zero-order valence-corrected chi connectivity index (χ0v) is 5.83. The standard InChI is InChI=1S/C2H2O4.Gd.H2O/c3-1(4)2(5)6;;/h(H,3,4)(H,5,6);;1H2. The van der Waals surface area contributed by atoms with E-state index in [1.807, 2.05) is 0 Å². The molecule has 0 heterocycles. The van der Waals surface area contributed by atoms with Crippen LogP contribution in [0.2, 0.25) is 0 Å². The fraction of sp³-hybridized carbons (Fsp3) is 0. The SMILES string of the molecule is O.O=C(O)C(=O)O.[Gd]. The van der Waals surface area contributed by atoms with Gasteiger partial charge in [0.05, 0.1) is 0 Å². The van der Waals surface area contributed by atoms with E-state index in [1.165, 1.54) is 0 Å². The van der Waals surface area contributed by atoms with Crippen molar-refractivity contribution in [1.82, 2.24) is 0 Å². The maximum Gasteiger partial charge on any atom is 0.414 e. The summed E-state index contributed by atoms with van der Waals surface area (Å²) < 4.78 is 0. The van der Waals surface area contributed by atoms with Crippen LogP contribution in [-0.4, -0.2) is 27.6 Å². The van der Waals surface area contributed by atoms with E-state index < -0.39 is 11.9 Å². The molecule has 0 aliphatic rings. The van der Waals surface area contributed by atoms with Gasteiger partial charge in [-0.3, -0.25) is 0 Å². The van der Waals surface area contributed by atoms with Gasteiger partial charge in [-0.15, -0.1) is 0 Å². The fourth-order valence-corrected chi connectivity index (χ4v) is 0. The van der Waals surface area contributed by atoms with Crippen LogP contribution >= 0.6 is 0 Å². The minimum Gasteiger partial charge on any atom is -0.473 e. The molecule has 0 rings (SSSR count). The molecule has 0 aliphatic heterocycles. The monoisotopic (exact) mass is 266 g/mol. The third kappa shape index (κ3) is 9.52. The van der Waals surface area contributed by atoms with Crippen molar-refractivity contribution in [3.63, 3.8) is 0 Å². The Morgan fingerprint density at radius 1 is 1.00 bits per heavy atom. The summed E-state index contributed by atoms with van der Waals surface area (Å²) in [4.78, 5) is 18.2. The molecule has 0 spiro atoms. The van der Waals surface area contributed by atoms with Gasteiger partial charge in [-0.05, 0) is 0 Å². The number of hydrogen-bond acceptors (Lipinski definition) is 2. The predicted octanol–water partition coefficient (Wildman–Crippen LogP) is -1.67. The Balaban J connectivity index is -0.000000125. The van der Waals surface area contributed by atoms with Gasteiger partial charge >= 0.3 is 11.9 Å². The summed E-state index contributed by atoms with van der Waals surface area (Å²) in [6, 6.07) is 0. The summed E-state index contributed by atoms with van der Waals surface area (Å²) in [5.74, 6) is -3.65. The molecule has 0 saturated carbocycles. The second kappa shape index (κ2) is 7.22. The van der Waals surface area contributed by atoms with E-state index in [0.29, 0.717) is 0 Å². The van der Waals surface area contributed by atoms with E-state index in [0.717, 1.165) is 0 Å². The molecule has 0 unspecified atom stereocenters. The summed E-state index contributed by atoms with van der Waals surface area (Å²) >= 11 is 0. The molecule has 0 aliphatic carbocycles. The predicted molar refractivity (Wildman–Crippen MR) is 18.9 cm³/mol. The molecule has 4 N–H and O–H groups in total. The van der Waals surface area contributed by atoms with E-state index >= 15 is 0 Å². The molecule has 5 nitrogen and oxygen atoms in total. The largest absolute Gasteiger partial charge is 0.473 e. The first-order valence-electron chi connectivity index (χ1n) is 1.11. The minimum absolute atomic E-state index is 0. The Morgan fingerprint density at radius 3 is 1.12 bits per heavy atom. The summed E-state index contributed by atoms with van der Waals surface area (Å²) in [5.41, 5.74) is 0. The molecule has 0 aromatic rings. The zero-order chi connectivity index (χ0) is 5.15. The van der Waals surface area contributed by atoms with Crippen LogP contribution in [0.4, 0.5) is 0 Å². The summed E-state index contributed by atoms with van der Waals surface area (Å²) in [6.45, 7) is 0. The van der Waals surface area contributed by atoms with Crippen molar-refractivity contribution in [2.75, 3.05) is 0 Å². The van der Waals surface area contributed by atoms with Gasteiger partial charge in [-0.1, -0.05) is 0 Å². The molecule has 8 heavy (non-hydrogen) atoms. The normalized spacial score (nSPS) is 5.50. The molecule has 0 radical (unpaired) electrons. The average Bonchev–Trinajstić information content (AvgIpc) is 1.36. The first-order valence-corrected chi connectivity index (χ1v) is 1.11. The maximum absolute atomic E-state index is 9.10. The van der Waals surface area contributed by atoms with Crippen molar-refractivity contribution < 1.29 is 65.2 Å². The van der Waals surface area contributed by atoms with Crippen LogP contribution in [0.1, 0.15) is 0 Å². The van der Waals surface area contributed by atoms with Gasteiger partial charge in [0, 0.05) is 39.9 Å². The molecule has 0 aromatic carbocycles. The van der Waals surface area contributed by atoms with Gasteiger partial charge in [0.1, 0.15) is 0 Å². The van der Waals surface area contributed by atoms with Crippen LogP contribution in [0.5, 0.6) is 0 Å². The number of carboxylic acids is 2. The Bertz CT molecular complexity index is 76.4. The van der Waals surface area contributed by atoms with E-state index in [9.17, 15) is 0 Å². The van der Waals surface area contributed by atoms with Crippen LogP contribution in [-0.2, 0) is 9.59 Å². The van der Waals surface area contributed by atoms with Crippen molar-refractivity contribution >= 4 is 11.9 Å². The zero-order valence-electron chi connectivity index (χ0n) is 3.56. The average molecular weight is 265 g/mol. The van der Waals surface area contributed by atoms with E-state index in [-0.39, 0.29) is 45.4 Å². The van der Waals surface area contributed by atoms with Crippen molar-refractivity contribution in [3.05, 3.63) is 0 Å². The van der Waals surface area contributed by atoms with Crippen LogP contribution in [0.25, 0.3) is 0 Å². The second-order valence-corrected chi connectivity index (χ2v) is 0.610. The first kappa shape index (κ1) is 15.7. The topological polar surface area (TPSA) is 106 Å². The molecule has 0 fully saturated rings. The third-order valence-electron chi connectivity index (χ3n) is 0.183. The molecule has 0 bridgehead atoms. The van der Waals surface area contributed by atoms with Gasteiger partial charge in [0.25, 0.3) is 0 Å². The molecule has 0 saturated heterocycles. The number of rotatable bonds is 0. The number of carboxylic acid groups (broad SMARTS) is 2. The first-order chi connectivity index (χ1) is 2.64. The van der Waals surface area contributed by atoms with Gasteiger partial charge < -0.3 is 15.7 Å². The Hall–Kier alpha value is 0.225. The van der Waals surface area contributed by atoms with Gasteiger partial charge in [0.15, 0.2) is 0 Å². The third-order valence-corrected chi connectivity index (χ3v) is 0.183. The van der Waals surface area contributed by atoms with Crippen LogP contribution in [0.3, 0.4) is 0 Å². The smallest absolute Gasteiger partial charge is 0.414 e. The van der Waals surface area contributed by atoms with Gasteiger partial charge in [-0.25, -0.2) is 9.59 Å². The maximum atomic E-state index is 9.10. The number of hydrogen-bond donors (Lipinski definition) is 2. The van der Waals surface area contributed by atoms with Crippen molar-refractivity contribution in [1.29, 1.82) is 0 Å². The van der Waals surface area contributed by atoms with Crippen molar-refractivity contribution in [2.24, 2.45) is 0 Å². The molecule has 50 valence electrons. The van der Waals surface area contributed by atoms with E-state index in [1.54, 1.807) is 0 Å². The van der Waals surface area contributed by atoms with Crippen molar-refractivity contribution in [2.45, 2.75) is 0 Å². The minimum atomic E-state index is -1.82. The Kier molecular flexibility index (Phi) is 14.2. The molecule has 0 aromatic heterocycles. The van der Waals surface area contributed by atoms with Crippen LogP contribution < -0.4 is 0 Å². The molecule has 6 heteroatoms. The molecular formula is C2H4GdO5. The second-order valence-electron chi connectivity index (χ2n) is 0.610. The quantitative estimate of drug-likeness (QED) is 0.511. The van der Waals surface area contributed by atoms with Gasteiger partial charge in [-0.2, -0.15) is 0 Å². The Labute approximate surface area is 76.7 Å². The van der Waals surface area contributed by atoms with E-state index in [4.69, 9.17) is 19.8 Å². The van der Waals surface area contributed by atoms with Gasteiger partial charge in [0.2, 0.25) is 0 Å². The fourth-order valence-electron chi connectivity index (χ4n) is 0. The van der Waals surface area contributed by atoms with E-state index in [2.05, 4.69) is 0 Å². The van der Waals surface area contributed by atoms with Crippen LogP contribution in [0.15, 0.2) is 0 Å². The molecule has 0 amide bonds. The summed E-state index contributed by atoms with van der Waals surface area (Å²) in [7, 11) is 0. The summed E-state index contributed by atoms with van der Waals surface area (Å²) in [5, 5.41) is 14.8. The summed E-state index contributed by atoms with van der Waals surface area (Å²) in [6.07, 6.45) is 0. The Morgan fingerprint density at radius 2 is 1.12 bits per heavy atom. The number of aliphatic carboxylic acids is 2. The number of carbonyl (C=O) groups is 2. The van der Waals surface area contributed by atoms with Crippen molar-refractivity contribution in [3.8, 4) is 0 Å². The van der Waals surface area contributed by atoms with Crippen LogP contribution in [0, 0.1) is 39.9 Å². The molecule has 0 atom stereocenters. The molecular weight excluding hydrogens is 261 g/mol.